The van der Waals surface area contributed by atoms with Crippen LogP contribution in [0.2, 0.25) is 0 Å². The summed E-state index contributed by atoms with van der Waals surface area (Å²) in [6.07, 6.45) is -0.179. The summed E-state index contributed by atoms with van der Waals surface area (Å²) >= 11 is 0. The van der Waals surface area contributed by atoms with Crippen molar-refractivity contribution in [3.05, 3.63) is 41.8 Å². The number of aromatic nitrogens is 1. The van der Waals surface area contributed by atoms with Gasteiger partial charge < -0.3 is 9.15 Å². The van der Waals surface area contributed by atoms with Gasteiger partial charge in [0.2, 0.25) is 11.7 Å². The number of carbonyl (C=O) groups excluding carboxylic acids is 1. The Balaban J connectivity index is 2.30. The van der Waals surface area contributed by atoms with Crippen molar-refractivity contribution in [2.45, 2.75) is 26.9 Å². The molecular weight excluding hydrogens is 230 g/mol. The molecule has 1 aromatic carbocycles. The fourth-order valence-electron chi connectivity index (χ4n) is 1.56. The van der Waals surface area contributed by atoms with Crippen LogP contribution in [0.1, 0.15) is 30.1 Å². The number of oxazole rings is 1. The summed E-state index contributed by atoms with van der Waals surface area (Å²) in [5, 5.41) is 0. The van der Waals surface area contributed by atoms with Gasteiger partial charge in [0.25, 0.3) is 0 Å². The zero-order valence-electron chi connectivity index (χ0n) is 10.6. The van der Waals surface area contributed by atoms with E-state index in [2.05, 4.69) is 4.98 Å². The van der Waals surface area contributed by atoms with E-state index in [1.807, 2.05) is 30.3 Å². The molecule has 0 radical (unpaired) electrons. The molecule has 0 bridgehead atoms. The first-order valence-electron chi connectivity index (χ1n) is 5.81. The van der Waals surface area contributed by atoms with Gasteiger partial charge in [0, 0.05) is 5.56 Å². The fourth-order valence-corrected chi connectivity index (χ4v) is 1.56. The molecule has 94 valence electrons. The molecule has 0 unspecified atom stereocenters. The molecular formula is C14H15NO3. The Bertz CT molecular complexity index is 543. The van der Waals surface area contributed by atoms with Gasteiger partial charge in [-0.3, -0.25) is 0 Å². The Kier molecular flexibility index (Phi) is 3.46. The molecule has 0 spiro atoms. The Morgan fingerprint density at radius 2 is 1.94 bits per heavy atom. The highest BCUT2D eigenvalue weighted by atomic mass is 16.6. The molecule has 4 nitrogen and oxygen atoms in total. The monoisotopic (exact) mass is 245 g/mol. The lowest BCUT2D eigenvalue weighted by molar-refractivity contribution is 0.0341. The van der Waals surface area contributed by atoms with Crippen molar-refractivity contribution in [3.8, 4) is 11.5 Å². The number of ether oxygens (including phenoxy) is 1. The van der Waals surface area contributed by atoms with Crippen LogP contribution in [0.3, 0.4) is 0 Å². The van der Waals surface area contributed by atoms with Crippen LogP contribution in [0, 0.1) is 6.92 Å². The molecule has 0 aliphatic heterocycles. The number of nitrogens with zero attached hydrogens (tertiary/aromatic N) is 1. The molecule has 0 fully saturated rings. The van der Waals surface area contributed by atoms with Crippen LogP contribution < -0.4 is 0 Å². The standard InChI is InChI=1S/C14H15NO3/c1-9(2)17-14(16)12-10(3)15-13(18-12)11-7-5-4-6-8-11/h4-9H,1-3H3. The maximum absolute atomic E-state index is 11.8. The minimum absolute atomic E-state index is 0.169. The molecule has 0 saturated heterocycles. The van der Waals surface area contributed by atoms with Crippen molar-refractivity contribution >= 4 is 5.97 Å². The summed E-state index contributed by atoms with van der Waals surface area (Å²) in [6, 6.07) is 9.45. The lowest BCUT2D eigenvalue weighted by Gasteiger charge is -2.05. The number of hydrogen-bond acceptors (Lipinski definition) is 4. The predicted octanol–water partition coefficient (Wildman–Crippen LogP) is 3.22. The summed E-state index contributed by atoms with van der Waals surface area (Å²) in [6.45, 7) is 5.32. The summed E-state index contributed by atoms with van der Waals surface area (Å²) in [7, 11) is 0. The smallest absolute Gasteiger partial charge is 0.376 e. The van der Waals surface area contributed by atoms with Crippen LogP contribution in [0.15, 0.2) is 34.7 Å². The Morgan fingerprint density at radius 1 is 1.28 bits per heavy atom. The van der Waals surface area contributed by atoms with E-state index in [1.165, 1.54) is 0 Å². The second kappa shape index (κ2) is 5.04. The van der Waals surface area contributed by atoms with Crippen molar-refractivity contribution in [1.82, 2.24) is 4.98 Å². The molecule has 0 amide bonds. The van der Waals surface area contributed by atoms with Crippen LogP contribution >= 0.6 is 0 Å². The number of benzene rings is 1. The number of rotatable bonds is 3. The third-order valence-corrected chi connectivity index (χ3v) is 2.35. The van der Waals surface area contributed by atoms with Crippen LogP contribution in [0.4, 0.5) is 0 Å². The predicted molar refractivity (Wildman–Crippen MR) is 67.2 cm³/mol. The average Bonchev–Trinajstić information content (AvgIpc) is 2.72. The van der Waals surface area contributed by atoms with Crippen LogP contribution in [0.25, 0.3) is 11.5 Å². The average molecular weight is 245 g/mol. The summed E-state index contributed by atoms with van der Waals surface area (Å²) in [5.74, 6) is 0.128. The Hall–Kier alpha value is -2.10. The lowest BCUT2D eigenvalue weighted by atomic mass is 10.2. The van der Waals surface area contributed by atoms with Crippen molar-refractivity contribution < 1.29 is 13.9 Å². The highest BCUT2D eigenvalue weighted by Gasteiger charge is 2.20. The minimum atomic E-state index is -0.475. The molecule has 0 aliphatic rings. The zero-order chi connectivity index (χ0) is 13.1. The van der Waals surface area contributed by atoms with E-state index in [4.69, 9.17) is 9.15 Å². The Morgan fingerprint density at radius 3 is 2.56 bits per heavy atom. The molecule has 0 N–H and O–H groups in total. The van der Waals surface area contributed by atoms with Crippen molar-refractivity contribution in [2.24, 2.45) is 0 Å². The third kappa shape index (κ3) is 2.59. The van der Waals surface area contributed by atoms with Gasteiger partial charge in [0.1, 0.15) is 0 Å². The molecule has 0 saturated carbocycles. The summed E-state index contributed by atoms with van der Waals surface area (Å²) in [5.41, 5.74) is 1.38. The largest absolute Gasteiger partial charge is 0.457 e. The van der Waals surface area contributed by atoms with Gasteiger partial charge in [0.15, 0.2) is 0 Å². The second-order valence-corrected chi connectivity index (χ2v) is 4.25. The SMILES string of the molecule is Cc1nc(-c2ccccc2)oc1C(=O)OC(C)C. The van der Waals surface area contributed by atoms with Gasteiger partial charge in [-0.05, 0) is 32.9 Å². The summed E-state index contributed by atoms with van der Waals surface area (Å²) in [4.78, 5) is 16.0. The Labute approximate surface area is 106 Å². The quantitative estimate of drug-likeness (QED) is 0.779. The molecule has 0 atom stereocenters. The first-order chi connectivity index (χ1) is 8.58. The van der Waals surface area contributed by atoms with Gasteiger partial charge in [-0.1, -0.05) is 18.2 Å². The molecule has 1 aromatic heterocycles. The molecule has 2 aromatic rings. The fraction of sp³-hybridized carbons (Fsp3) is 0.286. The normalized spacial score (nSPS) is 10.7. The van der Waals surface area contributed by atoms with E-state index in [0.717, 1.165) is 5.56 Å². The van der Waals surface area contributed by atoms with Crippen molar-refractivity contribution in [1.29, 1.82) is 0 Å². The third-order valence-electron chi connectivity index (χ3n) is 2.35. The minimum Gasteiger partial charge on any atom is -0.457 e. The van der Waals surface area contributed by atoms with E-state index in [1.54, 1.807) is 20.8 Å². The van der Waals surface area contributed by atoms with Gasteiger partial charge in [-0.2, -0.15) is 0 Å². The van der Waals surface area contributed by atoms with Gasteiger partial charge in [0.05, 0.1) is 11.8 Å². The summed E-state index contributed by atoms with van der Waals surface area (Å²) < 4.78 is 10.6. The van der Waals surface area contributed by atoms with Crippen LogP contribution in [-0.4, -0.2) is 17.1 Å². The molecule has 0 aliphatic carbocycles. The van der Waals surface area contributed by atoms with E-state index >= 15 is 0 Å². The van der Waals surface area contributed by atoms with Gasteiger partial charge >= 0.3 is 5.97 Å². The van der Waals surface area contributed by atoms with E-state index in [9.17, 15) is 4.79 Å². The maximum atomic E-state index is 11.8. The second-order valence-electron chi connectivity index (χ2n) is 4.25. The molecule has 18 heavy (non-hydrogen) atoms. The molecule has 1 heterocycles. The van der Waals surface area contributed by atoms with Gasteiger partial charge in [-0.15, -0.1) is 0 Å². The van der Waals surface area contributed by atoms with Gasteiger partial charge in [-0.25, -0.2) is 9.78 Å². The number of hydrogen-bond donors (Lipinski definition) is 0. The van der Waals surface area contributed by atoms with E-state index in [-0.39, 0.29) is 11.9 Å². The molecule has 4 heteroatoms. The van der Waals surface area contributed by atoms with E-state index < -0.39 is 5.97 Å². The van der Waals surface area contributed by atoms with Crippen molar-refractivity contribution in [2.75, 3.05) is 0 Å². The topological polar surface area (TPSA) is 52.3 Å². The highest BCUT2D eigenvalue weighted by molar-refractivity contribution is 5.88. The zero-order valence-corrected chi connectivity index (χ0v) is 10.6. The first-order valence-corrected chi connectivity index (χ1v) is 5.81. The first kappa shape index (κ1) is 12.4. The number of aryl methyl sites for hydroxylation is 1. The van der Waals surface area contributed by atoms with Crippen LogP contribution in [0.5, 0.6) is 0 Å². The maximum Gasteiger partial charge on any atom is 0.376 e. The van der Waals surface area contributed by atoms with Crippen molar-refractivity contribution in [3.63, 3.8) is 0 Å². The van der Waals surface area contributed by atoms with E-state index in [0.29, 0.717) is 11.6 Å². The van der Waals surface area contributed by atoms with Crippen LogP contribution in [-0.2, 0) is 4.74 Å². The highest BCUT2D eigenvalue weighted by Crippen LogP contribution is 2.22. The number of carbonyl (C=O) groups is 1. The lowest BCUT2D eigenvalue weighted by Crippen LogP contribution is -2.11. The number of esters is 1. The molecule has 2 rings (SSSR count).